The molecule has 0 aliphatic heterocycles. The summed E-state index contributed by atoms with van der Waals surface area (Å²) in [7, 11) is -2.44. The summed E-state index contributed by atoms with van der Waals surface area (Å²) in [5.74, 6) is 0.391. The van der Waals surface area contributed by atoms with Crippen LogP contribution < -0.4 is 9.46 Å². The van der Waals surface area contributed by atoms with Gasteiger partial charge in [0.15, 0.2) is 0 Å². The van der Waals surface area contributed by atoms with Crippen LogP contribution in [0.4, 0.5) is 5.69 Å². The summed E-state index contributed by atoms with van der Waals surface area (Å²) in [4.78, 5) is 0.137. The van der Waals surface area contributed by atoms with Crippen molar-refractivity contribution < 1.29 is 13.2 Å². The quantitative estimate of drug-likeness (QED) is 0.587. The van der Waals surface area contributed by atoms with Gasteiger partial charge in [-0.15, -0.1) is 0 Å². The molecular formula is C21H22ClN3O3S. The Labute approximate surface area is 175 Å². The van der Waals surface area contributed by atoms with Gasteiger partial charge in [0.25, 0.3) is 10.0 Å². The summed E-state index contributed by atoms with van der Waals surface area (Å²) in [5, 5.41) is 5.08. The average molecular weight is 432 g/mol. The van der Waals surface area contributed by atoms with Crippen molar-refractivity contribution in [3.63, 3.8) is 0 Å². The van der Waals surface area contributed by atoms with Crippen molar-refractivity contribution in [3.05, 3.63) is 59.8 Å². The van der Waals surface area contributed by atoms with Crippen molar-refractivity contribution in [2.45, 2.75) is 36.6 Å². The molecule has 0 saturated heterocycles. The zero-order valence-corrected chi connectivity index (χ0v) is 17.6. The van der Waals surface area contributed by atoms with Crippen molar-refractivity contribution >= 4 is 27.3 Å². The first kappa shape index (κ1) is 19.8. The van der Waals surface area contributed by atoms with Crippen LogP contribution in [0.2, 0.25) is 5.02 Å². The van der Waals surface area contributed by atoms with E-state index in [1.165, 1.54) is 13.2 Å². The fourth-order valence-corrected chi connectivity index (χ4v) is 5.07. The smallest absolute Gasteiger partial charge is 0.265 e. The minimum Gasteiger partial charge on any atom is -0.495 e. The van der Waals surface area contributed by atoms with Gasteiger partial charge in [0.05, 0.1) is 18.8 Å². The molecule has 1 aliphatic carbocycles. The van der Waals surface area contributed by atoms with Crippen molar-refractivity contribution in [1.29, 1.82) is 0 Å². The lowest BCUT2D eigenvalue weighted by Crippen LogP contribution is -2.14. The van der Waals surface area contributed by atoms with E-state index >= 15 is 0 Å². The number of aromatic nitrogens is 2. The van der Waals surface area contributed by atoms with E-state index in [9.17, 15) is 8.42 Å². The predicted octanol–water partition coefficient (Wildman–Crippen LogP) is 5.13. The zero-order valence-electron chi connectivity index (χ0n) is 16.0. The van der Waals surface area contributed by atoms with Gasteiger partial charge >= 0.3 is 0 Å². The number of ether oxygens (including phenoxy) is 1. The Morgan fingerprint density at radius 3 is 2.55 bits per heavy atom. The average Bonchev–Trinajstić information content (AvgIpc) is 3.39. The summed E-state index contributed by atoms with van der Waals surface area (Å²) >= 11 is 6.06. The Kier molecular flexibility index (Phi) is 5.52. The maximum absolute atomic E-state index is 13.3. The highest BCUT2D eigenvalue weighted by Crippen LogP contribution is 2.35. The summed E-state index contributed by atoms with van der Waals surface area (Å²) in [6, 6.07) is 14.4. The Hall–Kier alpha value is -2.51. The van der Waals surface area contributed by atoms with Crippen LogP contribution in [0.1, 0.15) is 31.7 Å². The molecule has 0 bridgehead atoms. The second kappa shape index (κ2) is 8.08. The fraction of sp³-hybridized carbons (Fsp3) is 0.286. The first-order chi connectivity index (χ1) is 14.0. The first-order valence-corrected chi connectivity index (χ1v) is 11.3. The van der Waals surface area contributed by atoms with Gasteiger partial charge in [-0.05, 0) is 31.0 Å². The lowest BCUT2D eigenvalue weighted by Gasteiger charge is -2.12. The number of anilines is 1. The normalized spacial score (nSPS) is 14.8. The van der Waals surface area contributed by atoms with Crippen LogP contribution in [0.5, 0.6) is 5.75 Å². The van der Waals surface area contributed by atoms with Crippen molar-refractivity contribution in [3.8, 4) is 17.0 Å². The largest absolute Gasteiger partial charge is 0.495 e. The lowest BCUT2D eigenvalue weighted by molar-refractivity contribution is 0.417. The molecule has 0 amide bonds. The number of sulfonamides is 1. The molecule has 4 rings (SSSR count). The second-order valence-corrected chi connectivity index (χ2v) is 9.16. The number of benzene rings is 2. The summed E-state index contributed by atoms with van der Waals surface area (Å²) in [6.45, 7) is 0. The van der Waals surface area contributed by atoms with E-state index in [0.29, 0.717) is 16.5 Å². The Morgan fingerprint density at radius 2 is 1.86 bits per heavy atom. The predicted molar refractivity (Wildman–Crippen MR) is 114 cm³/mol. The summed E-state index contributed by atoms with van der Waals surface area (Å²) < 4.78 is 36.4. The van der Waals surface area contributed by atoms with E-state index in [4.69, 9.17) is 16.3 Å². The Bertz CT molecular complexity index is 1110. The maximum atomic E-state index is 13.3. The lowest BCUT2D eigenvalue weighted by atomic mass is 10.2. The van der Waals surface area contributed by atoms with Crippen LogP contribution >= 0.6 is 11.6 Å². The van der Waals surface area contributed by atoms with Gasteiger partial charge in [0, 0.05) is 16.8 Å². The highest BCUT2D eigenvalue weighted by atomic mass is 35.5. The van der Waals surface area contributed by atoms with Crippen molar-refractivity contribution in [1.82, 2.24) is 9.78 Å². The number of hydrogen-bond donors (Lipinski definition) is 1. The van der Waals surface area contributed by atoms with E-state index in [2.05, 4.69) is 9.82 Å². The molecule has 152 valence electrons. The van der Waals surface area contributed by atoms with Gasteiger partial charge in [-0.2, -0.15) is 5.10 Å². The molecule has 1 aliphatic rings. The number of methoxy groups -OCH3 is 1. The Morgan fingerprint density at radius 1 is 1.14 bits per heavy atom. The van der Waals surface area contributed by atoms with Gasteiger partial charge in [0.1, 0.15) is 16.3 Å². The number of nitrogens with one attached hydrogen (secondary N) is 1. The van der Waals surface area contributed by atoms with E-state index < -0.39 is 10.0 Å². The van der Waals surface area contributed by atoms with Crippen LogP contribution in [-0.2, 0) is 10.0 Å². The van der Waals surface area contributed by atoms with Gasteiger partial charge in [-0.25, -0.2) is 8.42 Å². The van der Waals surface area contributed by atoms with Crippen LogP contribution in [0.25, 0.3) is 11.3 Å². The van der Waals surface area contributed by atoms with Crippen molar-refractivity contribution in [2.24, 2.45) is 0 Å². The summed E-state index contributed by atoms with van der Waals surface area (Å²) in [5.41, 5.74) is 1.47. The number of nitrogens with zero attached hydrogens (tertiary/aromatic N) is 2. The molecule has 3 aromatic rings. The molecule has 0 spiro atoms. The third-order valence-electron chi connectivity index (χ3n) is 5.14. The third-order valence-corrected chi connectivity index (χ3v) is 6.74. The van der Waals surface area contributed by atoms with E-state index in [1.807, 2.05) is 30.3 Å². The second-order valence-electron chi connectivity index (χ2n) is 7.08. The van der Waals surface area contributed by atoms with E-state index in [-0.39, 0.29) is 16.6 Å². The third kappa shape index (κ3) is 4.11. The van der Waals surface area contributed by atoms with Crippen LogP contribution in [0.3, 0.4) is 0 Å². The molecule has 1 heterocycles. The maximum Gasteiger partial charge on any atom is 0.265 e. The SMILES string of the molecule is COc1ccc(Cl)cc1NS(=O)(=O)c1cn(C2CCCC2)nc1-c1ccccc1. The number of rotatable bonds is 6. The molecule has 1 N–H and O–H groups in total. The van der Waals surface area contributed by atoms with E-state index in [0.717, 1.165) is 31.2 Å². The molecule has 2 aromatic carbocycles. The zero-order chi connectivity index (χ0) is 20.4. The highest BCUT2D eigenvalue weighted by molar-refractivity contribution is 7.92. The fourth-order valence-electron chi connectivity index (χ4n) is 3.68. The number of halogens is 1. The van der Waals surface area contributed by atoms with E-state index in [1.54, 1.807) is 23.0 Å². The molecule has 1 fully saturated rings. The van der Waals surface area contributed by atoms with Crippen LogP contribution in [0, 0.1) is 0 Å². The molecular weight excluding hydrogens is 410 g/mol. The van der Waals surface area contributed by atoms with Gasteiger partial charge in [-0.1, -0.05) is 54.8 Å². The molecule has 0 radical (unpaired) electrons. The van der Waals surface area contributed by atoms with Crippen LogP contribution in [0.15, 0.2) is 59.6 Å². The van der Waals surface area contributed by atoms with Crippen LogP contribution in [-0.4, -0.2) is 25.3 Å². The molecule has 6 nitrogen and oxygen atoms in total. The molecule has 29 heavy (non-hydrogen) atoms. The first-order valence-electron chi connectivity index (χ1n) is 9.49. The molecule has 1 aromatic heterocycles. The minimum absolute atomic E-state index is 0.137. The molecule has 1 saturated carbocycles. The van der Waals surface area contributed by atoms with Gasteiger partial charge < -0.3 is 4.74 Å². The minimum atomic E-state index is -3.92. The molecule has 0 atom stereocenters. The monoisotopic (exact) mass is 431 g/mol. The molecule has 0 unspecified atom stereocenters. The number of hydrogen-bond acceptors (Lipinski definition) is 4. The highest BCUT2D eigenvalue weighted by Gasteiger charge is 2.28. The van der Waals surface area contributed by atoms with Gasteiger partial charge in [0.2, 0.25) is 0 Å². The van der Waals surface area contributed by atoms with Crippen molar-refractivity contribution in [2.75, 3.05) is 11.8 Å². The standard InChI is InChI=1S/C21H22ClN3O3S/c1-28-19-12-11-16(22)13-18(19)24-29(26,27)20-14-25(17-9-5-6-10-17)23-21(20)15-7-3-2-4-8-15/h2-4,7-8,11-14,17,24H,5-6,9-10H2,1H3. The van der Waals surface area contributed by atoms with Gasteiger partial charge in [-0.3, -0.25) is 9.40 Å². The Balaban J connectivity index is 1.79. The molecule has 8 heteroatoms. The summed E-state index contributed by atoms with van der Waals surface area (Å²) in [6.07, 6.45) is 5.91. The topological polar surface area (TPSA) is 73.2 Å².